The highest BCUT2D eigenvalue weighted by Crippen LogP contribution is 2.53. The van der Waals surface area contributed by atoms with Crippen LogP contribution in [0.15, 0.2) is 0 Å². The molecule has 0 saturated carbocycles. The molecule has 0 bridgehead atoms. The second kappa shape index (κ2) is 8.90. The summed E-state index contributed by atoms with van der Waals surface area (Å²) in [7, 11) is 3.41. The van der Waals surface area contributed by atoms with Gasteiger partial charge in [-0.1, -0.05) is 21.6 Å². The predicted molar refractivity (Wildman–Crippen MR) is 130 cm³/mol. The summed E-state index contributed by atoms with van der Waals surface area (Å²) < 4.78 is 61.6. The molecule has 6 heterocycles. The van der Waals surface area contributed by atoms with Crippen molar-refractivity contribution in [2.75, 3.05) is 13.2 Å². The molecule has 0 aromatic carbocycles. The van der Waals surface area contributed by atoms with E-state index in [-0.39, 0.29) is 47.1 Å². The van der Waals surface area contributed by atoms with E-state index in [2.05, 4.69) is 0 Å². The molecule has 0 spiro atoms. The van der Waals surface area contributed by atoms with Gasteiger partial charge in [0, 0.05) is 0 Å². The highest BCUT2D eigenvalue weighted by Gasteiger charge is 2.61. The average molecular weight is 551 g/mol. The van der Waals surface area contributed by atoms with Crippen LogP contribution in [-0.2, 0) is 47.4 Å². The molecule has 206 valence electrons. The van der Waals surface area contributed by atoms with Gasteiger partial charge in [0.1, 0.15) is 36.6 Å². The molecule has 0 unspecified atom stereocenters. The molecular formula is C24H38O10S2. The predicted octanol–water partition coefficient (Wildman–Crippen LogP) is 3.16. The van der Waals surface area contributed by atoms with Crippen molar-refractivity contribution < 1.29 is 47.4 Å². The Morgan fingerprint density at radius 1 is 0.472 bits per heavy atom. The van der Waals surface area contributed by atoms with E-state index in [0.717, 1.165) is 0 Å². The Labute approximate surface area is 220 Å². The largest absolute Gasteiger partial charge is 0.348 e. The van der Waals surface area contributed by atoms with Crippen LogP contribution in [0.4, 0.5) is 0 Å². The first-order chi connectivity index (χ1) is 16.7. The third-order valence-electron chi connectivity index (χ3n) is 7.13. The molecule has 10 atom stereocenters. The van der Waals surface area contributed by atoms with Gasteiger partial charge in [-0.15, -0.1) is 0 Å². The van der Waals surface area contributed by atoms with Crippen LogP contribution in [0.5, 0.6) is 0 Å². The third kappa shape index (κ3) is 4.99. The molecule has 0 radical (unpaired) electrons. The first kappa shape index (κ1) is 26.5. The fourth-order valence-corrected chi connectivity index (χ4v) is 9.33. The molecule has 6 aliphatic rings. The molecule has 6 rings (SSSR count). The summed E-state index contributed by atoms with van der Waals surface area (Å²) in [5, 5.41) is -0.118. The summed E-state index contributed by atoms with van der Waals surface area (Å²) in [5.41, 5.74) is 0. The lowest BCUT2D eigenvalue weighted by Gasteiger charge is -2.31. The number of hydrogen-bond donors (Lipinski definition) is 0. The summed E-state index contributed by atoms with van der Waals surface area (Å²) in [6, 6.07) is 0. The van der Waals surface area contributed by atoms with Gasteiger partial charge in [-0.2, -0.15) is 0 Å². The van der Waals surface area contributed by atoms with Crippen molar-refractivity contribution in [2.24, 2.45) is 0 Å². The second-order valence-electron chi connectivity index (χ2n) is 12.0. The fraction of sp³-hybridized carbons (Fsp3) is 1.00. The molecule has 0 N–H and O–H groups in total. The van der Waals surface area contributed by atoms with E-state index < -0.39 is 35.7 Å². The second-order valence-corrected chi connectivity index (χ2v) is 14.6. The zero-order chi connectivity index (χ0) is 25.7. The lowest BCUT2D eigenvalue weighted by atomic mass is 10.1. The number of rotatable bonds is 5. The normalized spacial score (nSPS) is 50.0. The van der Waals surface area contributed by atoms with Crippen molar-refractivity contribution in [2.45, 2.75) is 138 Å². The molecule has 0 aromatic heterocycles. The van der Waals surface area contributed by atoms with E-state index >= 15 is 0 Å². The van der Waals surface area contributed by atoms with E-state index in [0.29, 0.717) is 13.2 Å². The summed E-state index contributed by atoms with van der Waals surface area (Å²) in [6.07, 6.45) is -2.36. The van der Waals surface area contributed by atoms with Crippen molar-refractivity contribution in [3.63, 3.8) is 0 Å². The zero-order valence-electron chi connectivity index (χ0n) is 22.1. The van der Waals surface area contributed by atoms with Crippen LogP contribution in [0.25, 0.3) is 0 Å². The Balaban J connectivity index is 1.21. The molecule has 0 aromatic rings. The molecule has 0 amide bonds. The van der Waals surface area contributed by atoms with Crippen LogP contribution < -0.4 is 0 Å². The van der Waals surface area contributed by atoms with Crippen LogP contribution in [0, 0.1) is 0 Å². The topological polar surface area (TPSA) is 92.3 Å². The minimum atomic E-state index is -0.715. The van der Waals surface area contributed by atoms with Gasteiger partial charge >= 0.3 is 0 Å². The smallest absolute Gasteiger partial charge is 0.188 e. The summed E-state index contributed by atoms with van der Waals surface area (Å²) in [4.78, 5) is 0. The Morgan fingerprint density at radius 2 is 0.861 bits per heavy atom. The van der Waals surface area contributed by atoms with Gasteiger partial charge in [-0.25, -0.2) is 0 Å². The Hall–Kier alpha value is 0.300. The number of ether oxygens (including phenoxy) is 10. The van der Waals surface area contributed by atoms with Crippen molar-refractivity contribution in [1.82, 2.24) is 0 Å². The van der Waals surface area contributed by atoms with Gasteiger partial charge in [0.05, 0.1) is 23.7 Å². The first-order valence-electron chi connectivity index (χ1n) is 12.7. The van der Waals surface area contributed by atoms with E-state index in [1.807, 2.05) is 55.4 Å². The van der Waals surface area contributed by atoms with E-state index in [9.17, 15) is 0 Å². The first-order valence-corrected chi connectivity index (χ1v) is 15.0. The lowest BCUT2D eigenvalue weighted by Crippen LogP contribution is -2.42. The van der Waals surface area contributed by atoms with E-state index in [1.165, 1.54) is 0 Å². The molecule has 6 fully saturated rings. The molecule has 10 nitrogen and oxygen atoms in total. The van der Waals surface area contributed by atoms with Gasteiger partial charge in [0.2, 0.25) is 0 Å². The van der Waals surface area contributed by atoms with Gasteiger partial charge in [-0.3, -0.25) is 0 Å². The van der Waals surface area contributed by atoms with Crippen LogP contribution in [0.2, 0.25) is 0 Å². The monoisotopic (exact) mass is 550 g/mol. The lowest BCUT2D eigenvalue weighted by molar-refractivity contribution is -0.220. The minimum Gasteiger partial charge on any atom is -0.348 e. The Bertz CT molecular complexity index is 785. The molecule has 36 heavy (non-hydrogen) atoms. The summed E-state index contributed by atoms with van der Waals surface area (Å²) in [5.74, 6) is -2.74. The van der Waals surface area contributed by atoms with E-state index in [4.69, 9.17) is 47.4 Å². The highest BCUT2D eigenvalue weighted by molar-refractivity contribution is 8.77. The average Bonchev–Trinajstić information content (AvgIpc) is 3.53. The van der Waals surface area contributed by atoms with Gasteiger partial charge < -0.3 is 47.4 Å². The SMILES string of the molecule is CC1(C)O[C@H]2O[C@H]([C@H]3COC(C)(C)O3)[C@H](SS[C@@H]3[C@H]4OC(C)(C)O[C@H]4O[C@@H]3[C@H]3COC(C)(C)O3)[C@H]2O1. The van der Waals surface area contributed by atoms with Gasteiger partial charge in [-0.05, 0) is 55.4 Å². The molecule has 12 heteroatoms. The minimum absolute atomic E-state index is 0.0588. The molecule has 6 saturated heterocycles. The number of fused-ring (bicyclic) bond motifs is 2. The quantitative estimate of drug-likeness (QED) is 0.471. The Kier molecular flexibility index (Phi) is 6.56. The maximum atomic E-state index is 6.38. The molecular weight excluding hydrogens is 512 g/mol. The fourth-order valence-electron chi connectivity index (χ4n) is 5.71. The third-order valence-corrected chi connectivity index (χ3v) is 10.4. The molecule has 6 aliphatic heterocycles. The van der Waals surface area contributed by atoms with Crippen LogP contribution in [0.3, 0.4) is 0 Å². The van der Waals surface area contributed by atoms with Crippen molar-refractivity contribution in [3.8, 4) is 0 Å². The standard InChI is InChI=1S/C24H38O10S2/c1-21(2)25-9-11(29-21)13-17(15-19(27-13)33-23(5,6)31-15)35-36-18-14(12-10-26-22(3,4)30-12)28-20-16(18)32-24(7,8)34-20/h11-20H,9-10H2,1-8H3/t11-,12-,13-,14-,15-,16-,17+,18+,19-,20-/m1/s1. The van der Waals surface area contributed by atoms with Crippen LogP contribution in [0.1, 0.15) is 55.4 Å². The maximum absolute atomic E-state index is 6.38. The van der Waals surface area contributed by atoms with E-state index in [1.54, 1.807) is 21.6 Å². The van der Waals surface area contributed by atoms with Crippen molar-refractivity contribution in [1.29, 1.82) is 0 Å². The highest BCUT2D eigenvalue weighted by atomic mass is 33.1. The molecule has 0 aliphatic carbocycles. The van der Waals surface area contributed by atoms with Crippen LogP contribution >= 0.6 is 21.6 Å². The van der Waals surface area contributed by atoms with Crippen molar-refractivity contribution >= 4 is 21.6 Å². The Morgan fingerprint density at radius 3 is 1.19 bits per heavy atom. The maximum Gasteiger partial charge on any atom is 0.188 e. The van der Waals surface area contributed by atoms with Crippen molar-refractivity contribution in [3.05, 3.63) is 0 Å². The summed E-state index contributed by atoms with van der Waals surface area (Å²) in [6.45, 7) is 16.2. The van der Waals surface area contributed by atoms with Crippen LogP contribution in [-0.4, -0.2) is 96.1 Å². The zero-order valence-corrected chi connectivity index (χ0v) is 23.7. The van der Waals surface area contributed by atoms with Gasteiger partial charge in [0.15, 0.2) is 35.7 Å². The summed E-state index contributed by atoms with van der Waals surface area (Å²) >= 11 is 0. The van der Waals surface area contributed by atoms with Gasteiger partial charge in [0.25, 0.3) is 0 Å². The number of hydrogen-bond acceptors (Lipinski definition) is 12.